The molecular formula is C16H20BrN3O. The normalized spacial score (nSPS) is 19.8. The highest BCUT2D eigenvalue weighted by Crippen LogP contribution is 2.27. The van der Waals surface area contributed by atoms with E-state index in [1.807, 2.05) is 18.3 Å². The Morgan fingerprint density at radius 3 is 3.14 bits per heavy atom. The van der Waals surface area contributed by atoms with Crippen LogP contribution < -0.4 is 5.32 Å². The van der Waals surface area contributed by atoms with E-state index in [-0.39, 0.29) is 6.10 Å². The molecule has 1 N–H and O–H groups in total. The van der Waals surface area contributed by atoms with Crippen LogP contribution in [0.5, 0.6) is 0 Å². The minimum absolute atomic E-state index is 0.225. The number of likely N-dealkylation sites (N-methyl/N-ethyl adjacent to an activating group) is 1. The van der Waals surface area contributed by atoms with E-state index in [4.69, 9.17) is 4.74 Å². The molecular weight excluding hydrogens is 330 g/mol. The molecule has 0 aliphatic carbocycles. The van der Waals surface area contributed by atoms with E-state index in [9.17, 15) is 0 Å². The molecule has 0 radical (unpaired) electrons. The zero-order valence-corrected chi connectivity index (χ0v) is 13.8. The molecule has 0 saturated carbocycles. The fourth-order valence-corrected chi connectivity index (χ4v) is 3.21. The molecule has 3 rings (SSSR count). The van der Waals surface area contributed by atoms with E-state index >= 15 is 0 Å². The van der Waals surface area contributed by atoms with Crippen molar-refractivity contribution in [1.82, 2.24) is 9.88 Å². The lowest BCUT2D eigenvalue weighted by Gasteiger charge is -2.32. The van der Waals surface area contributed by atoms with Crippen molar-refractivity contribution in [2.45, 2.75) is 13.0 Å². The van der Waals surface area contributed by atoms with Crippen LogP contribution in [-0.4, -0.2) is 48.8 Å². The zero-order chi connectivity index (χ0) is 14.7. The minimum atomic E-state index is 0.225. The van der Waals surface area contributed by atoms with Crippen molar-refractivity contribution in [3.8, 4) is 0 Å². The van der Waals surface area contributed by atoms with Crippen molar-refractivity contribution in [3.05, 3.63) is 34.9 Å². The molecule has 112 valence electrons. The second-order valence-corrected chi connectivity index (χ2v) is 6.12. The number of ether oxygens (including phenoxy) is 1. The Morgan fingerprint density at radius 2 is 2.29 bits per heavy atom. The number of nitrogens with one attached hydrogen (secondary N) is 1. The van der Waals surface area contributed by atoms with Gasteiger partial charge in [0.1, 0.15) is 5.82 Å². The van der Waals surface area contributed by atoms with Crippen molar-refractivity contribution < 1.29 is 4.74 Å². The van der Waals surface area contributed by atoms with Gasteiger partial charge in [-0.2, -0.15) is 0 Å². The lowest BCUT2D eigenvalue weighted by molar-refractivity contribution is -0.0192. The molecule has 0 spiro atoms. The van der Waals surface area contributed by atoms with Gasteiger partial charge in [0.25, 0.3) is 0 Å². The highest BCUT2D eigenvalue weighted by atomic mass is 79.9. The van der Waals surface area contributed by atoms with Gasteiger partial charge in [0.05, 0.1) is 12.7 Å². The van der Waals surface area contributed by atoms with Crippen LogP contribution in [0.2, 0.25) is 0 Å². The topological polar surface area (TPSA) is 37.4 Å². The molecule has 21 heavy (non-hydrogen) atoms. The van der Waals surface area contributed by atoms with Crippen molar-refractivity contribution in [1.29, 1.82) is 0 Å². The number of halogens is 1. The predicted molar refractivity (Wildman–Crippen MR) is 89.8 cm³/mol. The number of pyridine rings is 1. The molecule has 1 atom stereocenters. The van der Waals surface area contributed by atoms with Crippen molar-refractivity contribution >= 4 is 32.5 Å². The lowest BCUT2D eigenvalue weighted by atomic mass is 10.1. The van der Waals surface area contributed by atoms with Crippen molar-refractivity contribution in [2.24, 2.45) is 0 Å². The van der Waals surface area contributed by atoms with Crippen LogP contribution in [0, 0.1) is 0 Å². The monoisotopic (exact) mass is 349 g/mol. The molecule has 2 aromatic rings. The Balaban J connectivity index is 1.72. The molecule has 2 heterocycles. The van der Waals surface area contributed by atoms with E-state index in [0.717, 1.165) is 48.5 Å². The van der Waals surface area contributed by atoms with Crippen LogP contribution in [0.15, 0.2) is 34.9 Å². The summed E-state index contributed by atoms with van der Waals surface area (Å²) < 4.78 is 6.92. The van der Waals surface area contributed by atoms with Crippen LogP contribution in [0.3, 0.4) is 0 Å². The van der Waals surface area contributed by atoms with Gasteiger partial charge in [-0.05, 0) is 18.7 Å². The maximum Gasteiger partial charge on any atom is 0.133 e. The van der Waals surface area contributed by atoms with Gasteiger partial charge >= 0.3 is 0 Å². The summed E-state index contributed by atoms with van der Waals surface area (Å²) in [5.41, 5.74) is 0. The largest absolute Gasteiger partial charge is 0.374 e. The molecule has 1 saturated heterocycles. The third kappa shape index (κ3) is 3.36. The minimum Gasteiger partial charge on any atom is -0.374 e. The zero-order valence-electron chi connectivity index (χ0n) is 12.2. The van der Waals surface area contributed by atoms with Crippen LogP contribution in [0.25, 0.3) is 10.8 Å². The SMILES string of the molecule is CCN1CCOC(CNc2nccc3c(Br)cccc23)C1. The Labute approximate surface area is 133 Å². The third-order valence-corrected chi connectivity index (χ3v) is 4.61. The second kappa shape index (κ2) is 6.73. The Kier molecular flexibility index (Phi) is 4.73. The maximum absolute atomic E-state index is 5.83. The number of morpholine rings is 1. The third-order valence-electron chi connectivity index (χ3n) is 3.92. The average Bonchev–Trinajstić information content (AvgIpc) is 2.53. The highest BCUT2D eigenvalue weighted by molar-refractivity contribution is 9.10. The smallest absolute Gasteiger partial charge is 0.133 e. The number of hydrogen-bond acceptors (Lipinski definition) is 4. The molecule has 1 aliphatic heterocycles. The number of aromatic nitrogens is 1. The quantitative estimate of drug-likeness (QED) is 0.919. The molecule has 1 aliphatic rings. The van der Waals surface area contributed by atoms with E-state index in [0.29, 0.717) is 0 Å². The van der Waals surface area contributed by atoms with E-state index in [1.54, 1.807) is 0 Å². The van der Waals surface area contributed by atoms with Crippen LogP contribution in [0.4, 0.5) is 5.82 Å². The first-order chi connectivity index (χ1) is 10.3. The standard InChI is InChI=1S/C16H20BrN3O/c1-2-20-8-9-21-12(11-20)10-19-16-14-4-3-5-15(17)13(14)6-7-18-16/h3-7,12H,2,8-11H2,1H3,(H,18,19). The van der Waals surface area contributed by atoms with Crippen LogP contribution in [0.1, 0.15) is 6.92 Å². The van der Waals surface area contributed by atoms with Gasteiger partial charge in [0.15, 0.2) is 0 Å². The number of anilines is 1. The first-order valence-electron chi connectivity index (χ1n) is 7.39. The van der Waals surface area contributed by atoms with E-state index < -0.39 is 0 Å². The van der Waals surface area contributed by atoms with Gasteiger partial charge in [-0.15, -0.1) is 0 Å². The summed E-state index contributed by atoms with van der Waals surface area (Å²) in [5.74, 6) is 0.922. The Morgan fingerprint density at radius 1 is 1.38 bits per heavy atom. The van der Waals surface area contributed by atoms with Gasteiger partial charge < -0.3 is 10.1 Å². The van der Waals surface area contributed by atoms with Crippen molar-refractivity contribution in [3.63, 3.8) is 0 Å². The number of benzene rings is 1. The van der Waals surface area contributed by atoms with Gasteiger partial charge in [-0.1, -0.05) is 35.0 Å². The fraction of sp³-hybridized carbons (Fsp3) is 0.438. The number of fused-ring (bicyclic) bond motifs is 1. The summed E-state index contributed by atoms with van der Waals surface area (Å²) in [6.45, 7) is 6.90. The molecule has 1 fully saturated rings. The maximum atomic E-state index is 5.83. The van der Waals surface area contributed by atoms with Crippen molar-refractivity contribution in [2.75, 3.05) is 38.1 Å². The molecule has 0 amide bonds. The summed E-state index contributed by atoms with van der Waals surface area (Å²) in [6, 6.07) is 8.21. The van der Waals surface area contributed by atoms with Crippen LogP contribution >= 0.6 is 15.9 Å². The molecule has 1 unspecified atom stereocenters. The summed E-state index contributed by atoms with van der Waals surface area (Å²) in [6.07, 6.45) is 2.07. The lowest BCUT2D eigenvalue weighted by Crippen LogP contribution is -2.45. The Bertz CT molecular complexity index is 619. The van der Waals surface area contributed by atoms with Gasteiger partial charge in [0.2, 0.25) is 0 Å². The first-order valence-corrected chi connectivity index (χ1v) is 8.18. The van der Waals surface area contributed by atoms with Gasteiger partial charge in [-0.3, -0.25) is 4.90 Å². The molecule has 0 bridgehead atoms. The average molecular weight is 350 g/mol. The van der Waals surface area contributed by atoms with Gasteiger partial charge in [0, 0.05) is 41.1 Å². The summed E-state index contributed by atoms with van der Waals surface area (Å²) in [4.78, 5) is 6.89. The van der Waals surface area contributed by atoms with Crippen LogP contribution in [-0.2, 0) is 4.74 Å². The van der Waals surface area contributed by atoms with E-state index in [2.05, 4.69) is 50.2 Å². The fourth-order valence-electron chi connectivity index (χ4n) is 2.71. The summed E-state index contributed by atoms with van der Waals surface area (Å²) in [5, 5.41) is 5.76. The highest BCUT2D eigenvalue weighted by Gasteiger charge is 2.19. The molecule has 5 heteroatoms. The van der Waals surface area contributed by atoms with E-state index in [1.165, 1.54) is 5.39 Å². The molecule has 1 aromatic carbocycles. The summed E-state index contributed by atoms with van der Waals surface area (Å²) >= 11 is 3.59. The number of nitrogens with zero attached hydrogens (tertiary/aromatic N) is 2. The molecule has 4 nitrogen and oxygen atoms in total. The second-order valence-electron chi connectivity index (χ2n) is 5.26. The number of rotatable bonds is 4. The Hall–Kier alpha value is -1.17. The predicted octanol–water partition coefficient (Wildman–Crippen LogP) is 3.13. The summed E-state index contributed by atoms with van der Waals surface area (Å²) in [7, 11) is 0. The number of hydrogen-bond donors (Lipinski definition) is 1. The van der Waals surface area contributed by atoms with Gasteiger partial charge in [-0.25, -0.2) is 4.98 Å². The first kappa shape index (κ1) is 14.8. The molecule has 1 aromatic heterocycles.